The molecule has 3 aliphatic rings. The third kappa shape index (κ3) is 2.49. The topological polar surface area (TPSA) is 77.1 Å². The van der Waals surface area contributed by atoms with Crippen molar-refractivity contribution in [2.45, 2.75) is 30.8 Å². The fourth-order valence-electron chi connectivity index (χ4n) is 5.05. The van der Waals surface area contributed by atoms with Crippen LogP contribution in [0.15, 0.2) is 54.6 Å². The Morgan fingerprint density at radius 2 is 1.80 bits per heavy atom. The predicted octanol–water partition coefficient (Wildman–Crippen LogP) is 4.08. The molecular weight excluding hydrogens is 374 g/mol. The molecule has 5 heteroatoms. The van der Waals surface area contributed by atoms with Crippen LogP contribution >= 0.6 is 0 Å². The minimum Gasteiger partial charge on any atom is -0.497 e. The van der Waals surface area contributed by atoms with Crippen LogP contribution in [-0.4, -0.2) is 25.0 Å². The van der Waals surface area contributed by atoms with Crippen LogP contribution in [0.5, 0.6) is 5.75 Å². The first-order valence-corrected chi connectivity index (χ1v) is 10.2. The number of nitriles is 2. The normalized spacial score (nSPS) is 25.6. The third-order valence-corrected chi connectivity index (χ3v) is 6.66. The summed E-state index contributed by atoms with van der Waals surface area (Å²) in [6.45, 7) is 0. The Morgan fingerprint density at radius 1 is 1.10 bits per heavy atom. The first-order chi connectivity index (χ1) is 14.6. The molecule has 2 aromatic carbocycles. The van der Waals surface area contributed by atoms with Gasteiger partial charge in [-0.15, -0.1) is 0 Å². The van der Waals surface area contributed by atoms with Crippen molar-refractivity contribution in [1.29, 1.82) is 10.5 Å². The summed E-state index contributed by atoms with van der Waals surface area (Å²) in [6, 6.07) is 18.9. The molecule has 0 spiro atoms. The van der Waals surface area contributed by atoms with E-state index in [0.29, 0.717) is 5.75 Å². The Labute approximate surface area is 175 Å². The number of nitrogens with zero attached hydrogens (tertiary/aromatic N) is 3. The fourth-order valence-corrected chi connectivity index (χ4v) is 5.05. The zero-order valence-electron chi connectivity index (χ0n) is 16.7. The van der Waals surface area contributed by atoms with Crippen molar-refractivity contribution in [3.05, 3.63) is 65.7 Å². The van der Waals surface area contributed by atoms with E-state index in [-0.39, 0.29) is 11.7 Å². The molecule has 1 aliphatic carbocycles. The lowest BCUT2D eigenvalue weighted by Crippen LogP contribution is -2.44. The third-order valence-electron chi connectivity index (χ3n) is 6.66. The second-order valence-corrected chi connectivity index (χ2v) is 8.23. The number of rotatable bonds is 4. The van der Waals surface area contributed by atoms with Crippen molar-refractivity contribution in [3.8, 4) is 17.9 Å². The van der Waals surface area contributed by atoms with Gasteiger partial charge in [-0.1, -0.05) is 42.5 Å². The number of Topliss-reactive ketones (excluding diaryl/α,β-unsaturated/α-hetero) is 1. The SMILES string of the molecule is COc1ccc([C@H]2[C@@H](C(=O)C3CC3)N3c4ccccc4C=C[C@@H]3C2(C#N)C#N)cc1. The van der Waals surface area contributed by atoms with Crippen LogP contribution in [0.25, 0.3) is 6.08 Å². The van der Waals surface area contributed by atoms with Gasteiger partial charge in [0.05, 0.1) is 31.3 Å². The van der Waals surface area contributed by atoms with E-state index in [1.165, 1.54) is 0 Å². The molecule has 30 heavy (non-hydrogen) atoms. The van der Waals surface area contributed by atoms with Crippen LogP contribution in [-0.2, 0) is 4.79 Å². The van der Waals surface area contributed by atoms with Gasteiger partial charge in [0.1, 0.15) is 5.75 Å². The Hall–Kier alpha value is -3.57. The van der Waals surface area contributed by atoms with Crippen LogP contribution in [0.2, 0.25) is 0 Å². The molecule has 0 aromatic heterocycles. The van der Waals surface area contributed by atoms with E-state index in [1.54, 1.807) is 7.11 Å². The summed E-state index contributed by atoms with van der Waals surface area (Å²) in [5.41, 5.74) is 1.36. The summed E-state index contributed by atoms with van der Waals surface area (Å²) in [6.07, 6.45) is 5.65. The Morgan fingerprint density at radius 3 is 2.43 bits per heavy atom. The first-order valence-electron chi connectivity index (χ1n) is 10.2. The number of ether oxygens (including phenoxy) is 1. The second kappa shape index (κ2) is 6.75. The van der Waals surface area contributed by atoms with E-state index in [0.717, 1.165) is 29.7 Å². The van der Waals surface area contributed by atoms with Gasteiger partial charge in [-0.3, -0.25) is 4.79 Å². The lowest BCUT2D eigenvalue weighted by atomic mass is 9.69. The fraction of sp³-hybridized carbons (Fsp3) is 0.320. The lowest BCUT2D eigenvalue weighted by Gasteiger charge is -2.35. The molecule has 0 bridgehead atoms. The Balaban J connectivity index is 1.74. The molecule has 0 amide bonds. The summed E-state index contributed by atoms with van der Waals surface area (Å²) >= 11 is 0. The number of hydrogen-bond acceptors (Lipinski definition) is 5. The highest BCUT2D eigenvalue weighted by Gasteiger charge is 2.64. The van der Waals surface area contributed by atoms with Gasteiger partial charge in [0, 0.05) is 17.5 Å². The molecule has 2 heterocycles. The average molecular weight is 395 g/mol. The molecule has 2 fully saturated rings. The quantitative estimate of drug-likeness (QED) is 0.780. The van der Waals surface area contributed by atoms with Crippen molar-refractivity contribution in [3.63, 3.8) is 0 Å². The number of carbonyl (C=O) groups excluding carboxylic acids is 1. The van der Waals surface area contributed by atoms with Crippen LogP contribution in [0.4, 0.5) is 5.69 Å². The Bertz CT molecular complexity index is 1100. The maximum atomic E-state index is 13.6. The molecule has 148 valence electrons. The smallest absolute Gasteiger partial charge is 0.176 e. The van der Waals surface area contributed by atoms with Gasteiger partial charge >= 0.3 is 0 Å². The first kappa shape index (κ1) is 18.5. The maximum Gasteiger partial charge on any atom is 0.176 e. The monoisotopic (exact) mass is 395 g/mol. The Kier molecular flexibility index (Phi) is 4.15. The molecule has 3 atom stereocenters. The maximum absolute atomic E-state index is 13.6. The van der Waals surface area contributed by atoms with Crippen molar-refractivity contribution < 1.29 is 9.53 Å². The van der Waals surface area contributed by atoms with E-state index in [9.17, 15) is 15.3 Å². The van der Waals surface area contributed by atoms with E-state index in [4.69, 9.17) is 4.74 Å². The summed E-state index contributed by atoms with van der Waals surface area (Å²) < 4.78 is 5.28. The average Bonchev–Trinajstić information content (AvgIpc) is 3.60. The number of ketones is 1. The lowest BCUT2D eigenvalue weighted by molar-refractivity contribution is -0.121. The van der Waals surface area contributed by atoms with E-state index < -0.39 is 23.4 Å². The van der Waals surface area contributed by atoms with Gasteiger partial charge in [-0.25, -0.2) is 0 Å². The molecular formula is C25H21N3O2. The highest BCUT2D eigenvalue weighted by Crippen LogP contribution is 2.56. The number of anilines is 1. The highest BCUT2D eigenvalue weighted by atomic mass is 16.5. The molecule has 5 rings (SSSR count). The summed E-state index contributed by atoms with van der Waals surface area (Å²) in [4.78, 5) is 15.6. The van der Waals surface area contributed by atoms with Crippen molar-refractivity contribution in [2.75, 3.05) is 12.0 Å². The van der Waals surface area contributed by atoms with Crippen LogP contribution in [0, 0.1) is 34.0 Å². The highest BCUT2D eigenvalue weighted by molar-refractivity contribution is 5.95. The van der Waals surface area contributed by atoms with Gasteiger partial charge in [0.2, 0.25) is 0 Å². The number of para-hydroxylation sites is 1. The summed E-state index contributed by atoms with van der Waals surface area (Å²) in [7, 11) is 1.60. The van der Waals surface area contributed by atoms with Gasteiger partial charge in [0.15, 0.2) is 11.2 Å². The van der Waals surface area contributed by atoms with E-state index >= 15 is 0 Å². The minimum atomic E-state index is -1.37. The van der Waals surface area contributed by atoms with Crippen LogP contribution in [0.1, 0.15) is 29.9 Å². The zero-order chi connectivity index (χ0) is 20.9. The van der Waals surface area contributed by atoms with Gasteiger partial charge in [-0.2, -0.15) is 10.5 Å². The van der Waals surface area contributed by atoms with Crippen LogP contribution < -0.4 is 9.64 Å². The second-order valence-electron chi connectivity index (χ2n) is 8.23. The molecule has 1 saturated carbocycles. The van der Waals surface area contributed by atoms with Crippen LogP contribution in [0.3, 0.4) is 0 Å². The summed E-state index contributed by atoms with van der Waals surface area (Å²) in [5, 5.41) is 20.6. The number of methoxy groups -OCH3 is 1. The van der Waals surface area contributed by atoms with Gasteiger partial charge < -0.3 is 9.64 Å². The standard InChI is InChI=1S/C25H21N3O2/c1-30-19-11-8-17(9-12-19)22-23(24(29)18-6-7-18)28-20-5-3-2-4-16(20)10-13-21(28)25(22,14-26)15-27/h2-5,8-13,18,21-23H,6-7H2,1H3/t21-,22+,23+/m1/s1. The van der Waals surface area contributed by atoms with Crippen molar-refractivity contribution in [1.82, 2.24) is 0 Å². The molecule has 1 saturated heterocycles. The minimum absolute atomic E-state index is 0.0163. The number of benzene rings is 2. The largest absolute Gasteiger partial charge is 0.497 e. The molecule has 0 unspecified atom stereocenters. The van der Waals surface area contributed by atoms with Gasteiger partial charge in [0.25, 0.3) is 0 Å². The number of carbonyl (C=O) groups is 1. The molecule has 2 aliphatic heterocycles. The van der Waals surface area contributed by atoms with Crippen molar-refractivity contribution in [2.24, 2.45) is 11.3 Å². The predicted molar refractivity (Wildman–Crippen MR) is 113 cm³/mol. The molecule has 2 aromatic rings. The molecule has 0 radical (unpaired) electrons. The van der Waals surface area contributed by atoms with Crippen molar-refractivity contribution >= 4 is 17.5 Å². The molecule has 0 N–H and O–H groups in total. The van der Waals surface area contributed by atoms with E-state index in [2.05, 4.69) is 12.1 Å². The number of hydrogen-bond donors (Lipinski definition) is 0. The van der Waals surface area contributed by atoms with Gasteiger partial charge in [-0.05, 0) is 42.2 Å². The zero-order valence-corrected chi connectivity index (χ0v) is 16.7. The van der Waals surface area contributed by atoms with E-state index in [1.807, 2.05) is 65.6 Å². The number of fused-ring (bicyclic) bond motifs is 3. The molecule has 5 nitrogen and oxygen atoms in total. The summed E-state index contributed by atoms with van der Waals surface area (Å²) in [5.74, 6) is 0.303.